The van der Waals surface area contributed by atoms with Crippen LogP contribution in [0.3, 0.4) is 0 Å². The fourth-order valence-corrected chi connectivity index (χ4v) is 2.96. The van der Waals surface area contributed by atoms with E-state index in [1.54, 1.807) is 0 Å². The van der Waals surface area contributed by atoms with Gasteiger partial charge in [-0.1, -0.05) is 0 Å². The van der Waals surface area contributed by atoms with Crippen molar-refractivity contribution in [2.24, 2.45) is 0 Å². The van der Waals surface area contributed by atoms with Crippen LogP contribution in [0.25, 0.3) is 0 Å². The zero-order valence-electron chi connectivity index (χ0n) is 12.4. The second-order valence-corrected chi connectivity index (χ2v) is 6.95. The normalized spacial score (nSPS) is 40.0. The number of alkyl halides is 1. The van der Waals surface area contributed by atoms with Gasteiger partial charge in [-0.3, -0.25) is 9.32 Å². The average molecular weight is 372 g/mol. The van der Waals surface area contributed by atoms with E-state index in [9.17, 15) is 29.1 Å². The van der Waals surface area contributed by atoms with Crippen LogP contribution in [0.5, 0.6) is 0 Å². The highest BCUT2D eigenvalue weighted by Crippen LogP contribution is 2.45. The summed E-state index contributed by atoms with van der Waals surface area (Å²) in [5.41, 5.74) is -4.46. The van der Waals surface area contributed by atoms with E-state index in [4.69, 9.17) is 14.5 Å². The van der Waals surface area contributed by atoms with Gasteiger partial charge >= 0.3 is 7.82 Å². The number of carbonyl (C=O) groups is 1. The molecule has 0 aromatic carbocycles. The van der Waals surface area contributed by atoms with Crippen molar-refractivity contribution in [2.75, 3.05) is 13.3 Å². The largest absolute Gasteiger partial charge is 0.469 e. The molecule has 0 aromatic heterocycles. The van der Waals surface area contributed by atoms with Crippen molar-refractivity contribution in [2.45, 2.75) is 36.8 Å². The maximum atomic E-state index is 13.5. The number of ether oxygens (including phenoxy) is 1. The highest BCUT2D eigenvalue weighted by molar-refractivity contribution is 7.46. The number of nitrogens with one attached hydrogen (secondary N) is 1. The summed E-state index contributed by atoms with van der Waals surface area (Å²) < 4.78 is 33.8. The number of hydrogen-bond acceptors (Lipinski definition) is 8. The van der Waals surface area contributed by atoms with Gasteiger partial charge in [0.05, 0.1) is 6.61 Å². The standard InChI is InChI=1S/C11H18FN2O9P/c1-10(18)7(16)11(4-12,5-22-24(19,20)21)23-8(10)14-3-2-6(15)13-9(14)17/h2-3,7-9,16-18H,4-5H2,1H3,(H,13,15)(H2,19,20,21)/t7-,8+,9?,10+,11?/m0/s1. The number of nitrogens with zero attached hydrogens (tertiary/aromatic N) is 1. The van der Waals surface area contributed by atoms with Crippen LogP contribution in [0.2, 0.25) is 0 Å². The monoisotopic (exact) mass is 372 g/mol. The molecule has 0 aromatic rings. The fourth-order valence-electron chi connectivity index (χ4n) is 2.58. The Morgan fingerprint density at radius 2 is 2.12 bits per heavy atom. The summed E-state index contributed by atoms with van der Waals surface area (Å²) >= 11 is 0. The molecule has 138 valence electrons. The number of aliphatic hydroxyl groups excluding tert-OH is 2. The molecule has 2 aliphatic heterocycles. The lowest BCUT2D eigenvalue weighted by Gasteiger charge is -2.39. The van der Waals surface area contributed by atoms with Gasteiger partial charge in [0.2, 0.25) is 12.3 Å². The summed E-state index contributed by atoms with van der Waals surface area (Å²) in [5.74, 6) is -0.626. The molecule has 5 atom stereocenters. The number of phosphoric acid groups is 1. The molecule has 13 heteroatoms. The topological polar surface area (TPSA) is 169 Å². The lowest BCUT2D eigenvalue weighted by atomic mass is 9.88. The Hall–Kier alpha value is -1.11. The number of phosphoric ester groups is 1. The number of rotatable bonds is 5. The lowest BCUT2D eigenvalue weighted by molar-refractivity contribution is -0.190. The number of amides is 1. The summed E-state index contributed by atoms with van der Waals surface area (Å²) in [7, 11) is -4.99. The van der Waals surface area contributed by atoms with Crippen LogP contribution in [-0.2, 0) is 18.6 Å². The maximum Gasteiger partial charge on any atom is 0.469 e. The minimum Gasteiger partial charge on any atom is -0.387 e. The first-order chi connectivity index (χ1) is 10.9. The van der Waals surface area contributed by atoms with E-state index >= 15 is 0 Å². The molecule has 2 rings (SSSR count). The fraction of sp³-hybridized carbons (Fsp3) is 0.727. The third kappa shape index (κ3) is 3.46. The predicted molar refractivity (Wildman–Crippen MR) is 73.3 cm³/mol. The van der Waals surface area contributed by atoms with E-state index in [-0.39, 0.29) is 0 Å². The van der Waals surface area contributed by atoms with Crippen LogP contribution >= 0.6 is 7.82 Å². The Kier molecular flexibility index (Phi) is 5.06. The third-order valence-corrected chi connectivity index (χ3v) is 4.29. The molecule has 2 unspecified atom stereocenters. The van der Waals surface area contributed by atoms with Crippen molar-refractivity contribution in [3.05, 3.63) is 12.3 Å². The Morgan fingerprint density at radius 3 is 2.62 bits per heavy atom. The molecular weight excluding hydrogens is 354 g/mol. The Morgan fingerprint density at radius 1 is 1.50 bits per heavy atom. The van der Waals surface area contributed by atoms with E-state index in [1.165, 1.54) is 0 Å². The quantitative estimate of drug-likeness (QED) is 0.284. The molecule has 6 N–H and O–H groups in total. The van der Waals surface area contributed by atoms with Gasteiger partial charge < -0.3 is 40.1 Å². The van der Waals surface area contributed by atoms with Crippen LogP contribution in [0.15, 0.2) is 12.3 Å². The summed E-state index contributed by atoms with van der Waals surface area (Å²) in [4.78, 5) is 29.6. The Labute approximate surface area is 135 Å². The van der Waals surface area contributed by atoms with Gasteiger partial charge in [-0.2, -0.15) is 0 Å². The van der Waals surface area contributed by atoms with Gasteiger partial charge in [-0.15, -0.1) is 0 Å². The van der Waals surface area contributed by atoms with Crippen molar-refractivity contribution in [3.8, 4) is 0 Å². The van der Waals surface area contributed by atoms with E-state index < -0.39 is 56.9 Å². The average Bonchev–Trinajstić information content (AvgIpc) is 2.66. The van der Waals surface area contributed by atoms with Crippen LogP contribution in [0.4, 0.5) is 4.39 Å². The Balaban J connectivity index is 2.30. The molecule has 11 nitrogen and oxygen atoms in total. The summed E-state index contributed by atoms with van der Waals surface area (Å²) in [6, 6.07) is 0. The molecule has 2 aliphatic rings. The lowest BCUT2D eigenvalue weighted by Crippen LogP contribution is -2.59. The van der Waals surface area contributed by atoms with Gasteiger partial charge in [0.1, 0.15) is 18.4 Å². The zero-order chi connectivity index (χ0) is 18.3. The SMILES string of the molecule is C[C@@]1(O)[C@H](O)C(CF)(COP(=O)(O)O)O[C@H]1N1C=CC(=O)NC1O. The molecule has 0 bridgehead atoms. The van der Waals surface area contributed by atoms with E-state index in [1.807, 2.05) is 0 Å². The van der Waals surface area contributed by atoms with Gasteiger partial charge in [0.25, 0.3) is 0 Å². The molecule has 1 saturated heterocycles. The van der Waals surface area contributed by atoms with Gasteiger partial charge in [-0.05, 0) is 6.92 Å². The van der Waals surface area contributed by atoms with E-state index in [0.717, 1.165) is 24.1 Å². The van der Waals surface area contributed by atoms with Crippen molar-refractivity contribution in [1.29, 1.82) is 0 Å². The van der Waals surface area contributed by atoms with Crippen LogP contribution in [0, 0.1) is 0 Å². The number of carbonyl (C=O) groups excluding carboxylic acids is 1. The van der Waals surface area contributed by atoms with Crippen molar-refractivity contribution >= 4 is 13.7 Å². The minimum atomic E-state index is -4.99. The van der Waals surface area contributed by atoms with Crippen LogP contribution in [0.1, 0.15) is 6.92 Å². The molecular formula is C11H18FN2O9P. The van der Waals surface area contributed by atoms with Gasteiger partial charge in [0.15, 0.2) is 11.8 Å². The van der Waals surface area contributed by atoms with Crippen LogP contribution < -0.4 is 5.32 Å². The second-order valence-electron chi connectivity index (χ2n) is 5.71. The van der Waals surface area contributed by atoms with Crippen LogP contribution in [-0.4, -0.2) is 79.1 Å². The second kappa shape index (κ2) is 6.32. The van der Waals surface area contributed by atoms with E-state index in [0.29, 0.717) is 0 Å². The highest BCUT2D eigenvalue weighted by atomic mass is 31.2. The first kappa shape index (κ1) is 19.2. The third-order valence-electron chi connectivity index (χ3n) is 3.82. The summed E-state index contributed by atoms with van der Waals surface area (Å²) in [5, 5.41) is 32.6. The Bertz CT molecular complexity index is 582. The summed E-state index contributed by atoms with van der Waals surface area (Å²) in [6.07, 6.45) is -3.07. The van der Waals surface area contributed by atoms with Gasteiger partial charge in [0, 0.05) is 12.3 Å². The summed E-state index contributed by atoms with van der Waals surface area (Å²) in [6.45, 7) is -1.42. The molecule has 0 radical (unpaired) electrons. The molecule has 1 fully saturated rings. The molecule has 0 aliphatic carbocycles. The smallest absolute Gasteiger partial charge is 0.387 e. The zero-order valence-corrected chi connectivity index (χ0v) is 13.3. The molecule has 0 spiro atoms. The van der Waals surface area contributed by atoms with Gasteiger partial charge in [-0.25, -0.2) is 8.96 Å². The van der Waals surface area contributed by atoms with Crippen molar-refractivity contribution in [1.82, 2.24) is 10.2 Å². The molecule has 24 heavy (non-hydrogen) atoms. The predicted octanol–water partition coefficient (Wildman–Crippen LogP) is -2.51. The first-order valence-corrected chi connectivity index (χ1v) is 8.24. The maximum absolute atomic E-state index is 13.5. The highest BCUT2D eigenvalue weighted by Gasteiger charge is 2.64. The first-order valence-electron chi connectivity index (χ1n) is 6.71. The number of aliphatic hydroxyl groups is 3. The molecule has 1 amide bonds. The van der Waals surface area contributed by atoms with Crippen molar-refractivity contribution < 1.29 is 48.1 Å². The van der Waals surface area contributed by atoms with E-state index in [2.05, 4.69) is 9.84 Å². The molecule has 2 heterocycles. The van der Waals surface area contributed by atoms with Crippen molar-refractivity contribution in [3.63, 3.8) is 0 Å². The molecule has 0 saturated carbocycles. The number of hydrogen-bond donors (Lipinski definition) is 6. The minimum absolute atomic E-state index is 0.626. The number of halogens is 1.